The summed E-state index contributed by atoms with van der Waals surface area (Å²) in [4.78, 5) is 36.0. The van der Waals surface area contributed by atoms with Crippen LogP contribution in [0.5, 0.6) is 0 Å². The zero-order chi connectivity index (χ0) is 30.7. The molecule has 1 saturated carbocycles. The van der Waals surface area contributed by atoms with Crippen LogP contribution in [0.1, 0.15) is 61.4 Å². The first kappa shape index (κ1) is 28.5. The molecule has 3 aliphatic rings. The third kappa shape index (κ3) is 5.11. The second-order valence-electron chi connectivity index (χ2n) is 12.8. The van der Waals surface area contributed by atoms with Crippen molar-refractivity contribution in [3.05, 3.63) is 47.4 Å². The Kier molecular flexibility index (Phi) is 7.13. The van der Waals surface area contributed by atoms with Gasteiger partial charge in [-0.3, -0.25) is 9.59 Å². The molecule has 2 saturated heterocycles. The highest BCUT2D eigenvalue weighted by Gasteiger charge is 2.29. The number of anilines is 1. The van der Waals surface area contributed by atoms with Gasteiger partial charge < -0.3 is 24.7 Å². The fourth-order valence-electron chi connectivity index (χ4n) is 6.83. The number of amides is 2. The molecule has 6 heterocycles. The average Bonchev–Trinajstić information content (AvgIpc) is 3.69. The van der Waals surface area contributed by atoms with Crippen molar-refractivity contribution in [2.45, 2.75) is 65.0 Å². The second kappa shape index (κ2) is 11.0. The van der Waals surface area contributed by atoms with E-state index in [2.05, 4.69) is 27.7 Å². The highest BCUT2D eigenvalue weighted by atomic mass is 19.1. The van der Waals surface area contributed by atoms with Crippen LogP contribution in [0, 0.1) is 24.1 Å². The lowest BCUT2D eigenvalue weighted by atomic mass is 10.0. The van der Waals surface area contributed by atoms with Crippen LogP contribution in [0.3, 0.4) is 0 Å². The van der Waals surface area contributed by atoms with Gasteiger partial charge in [-0.2, -0.15) is 5.10 Å². The average molecular weight is 599 g/mol. The Morgan fingerprint density at radius 2 is 1.89 bits per heavy atom. The van der Waals surface area contributed by atoms with Gasteiger partial charge in [0.1, 0.15) is 28.5 Å². The number of nitrogens with zero attached hydrogens (tertiary/aromatic N) is 7. The Bertz CT molecular complexity index is 1800. The maximum Gasteiger partial charge on any atom is 0.255 e. The van der Waals surface area contributed by atoms with Crippen LogP contribution in [-0.4, -0.2) is 85.8 Å². The van der Waals surface area contributed by atoms with Gasteiger partial charge in [-0.15, -0.1) is 0 Å². The number of carbonyl (C=O) groups is 2. The van der Waals surface area contributed by atoms with Gasteiger partial charge in [-0.1, -0.05) is 0 Å². The summed E-state index contributed by atoms with van der Waals surface area (Å²) in [7, 11) is 1.88. The number of carbonyl (C=O) groups excluding carboxylic acids is 2. The minimum atomic E-state index is -0.483. The predicted molar refractivity (Wildman–Crippen MR) is 168 cm³/mol. The summed E-state index contributed by atoms with van der Waals surface area (Å²) in [5.41, 5.74) is 4.32. The summed E-state index contributed by atoms with van der Waals surface area (Å²) in [6.45, 7) is 6.84. The number of aryl methyl sites for hydroxylation is 1. The van der Waals surface area contributed by atoms with Gasteiger partial charge in [-0.25, -0.2) is 13.9 Å². The number of hydrogen-bond acceptors (Lipinski definition) is 6. The summed E-state index contributed by atoms with van der Waals surface area (Å²) < 4.78 is 19.4. The lowest BCUT2D eigenvalue weighted by molar-refractivity contribution is -0.129. The normalized spacial score (nSPS) is 18.0. The molecule has 10 nitrogen and oxygen atoms in total. The predicted octanol–water partition coefficient (Wildman–Crippen LogP) is 4.91. The summed E-state index contributed by atoms with van der Waals surface area (Å²) >= 11 is 0. The molecule has 3 fully saturated rings. The van der Waals surface area contributed by atoms with E-state index in [9.17, 15) is 9.59 Å². The standard InChI is InChI=1S/C33H39FN8O2/c1-20-30(37-42-18-24(15-27(34)31(20)42)33(44)40-12-4-5-25(35)19-40)28-16-23-8-9-29(36-32(23)41(28)17-22-6-7-22)39-13-10-26(11-14-39)38(3)21(2)43/h8-9,15-16,18,22,26,35H,4-7,10-14,17,19H2,1-3H3. The SMILES string of the molecule is CC(=O)N(C)C1CCN(c2ccc3cc(-c4nn5cc(C(=O)N6CCCC(=N)C6)cc(F)c5c4C)n(CC4CC4)c3n2)CC1. The molecule has 4 aromatic rings. The number of fused-ring (bicyclic) bond motifs is 2. The number of pyridine rings is 2. The fourth-order valence-corrected chi connectivity index (χ4v) is 6.83. The molecule has 2 amide bonds. The smallest absolute Gasteiger partial charge is 0.255 e. The van der Waals surface area contributed by atoms with Gasteiger partial charge in [0.25, 0.3) is 5.91 Å². The first-order chi connectivity index (χ1) is 21.2. The monoisotopic (exact) mass is 598 g/mol. The quantitative estimate of drug-likeness (QED) is 0.340. The van der Waals surface area contributed by atoms with Crippen LogP contribution in [0.2, 0.25) is 0 Å². The molecule has 2 aliphatic heterocycles. The van der Waals surface area contributed by atoms with E-state index in [1.54, 1.807) is 18.0 Å². The summed E-state index contributed by atoms with van der Waals surface area (Å²) in [5.74, 6) is 0.843. The lowest BCUT2D eigenvalue weighted by Gasteiger charge is -2.37. The maximum atomic E-state index is 15.6. The van der Waals surface area contributed by atoms with Gasteiger partial charge in [0.2, 0.25) is 5.91 Å². The summed E-state index contributed by atoms with van der Waals surface area (Å²) in [5, 5.41) is 13.9. The zero-order valence-electron chi connectivity index (χ0n) is 25.6. The van der Waals surface area contributed by atoms with E-state index in [4.69, 9.17) is 15.5 Å². The van der Waals surface area contributed by atoms with Crippen molar-refractivity contribution in [3.63, 3.8) is 0 Å². The molecule has 0 radical (unpaired) electrons. The third-order valence-electron chi connectivity index (χ3n) is 9.68. The molecule has 1 aliphatic carbocycles. The molecule has 0 spiro atoms. The van der Waals surface area contributed by atoms with Gasteiger partial charge in [-0.05, 0) is 75.6 Å². The van der Waals surface area contributed by atoms with Crippen LogP contribution >= 0.6 is 0 Å². The van der Waals surface area contributed by atoms with E-state index < -0.39 is 5.82 Å². The minimum Gasteiger partial charge on any atom is -0.356 e. The number of nitrogens with one attached hydrogen (secondary N) is 1. The molecule has 44 heavy (non-hydrogen) atoms. The number of rotatable bonds is 6. The molecule has 1 N–H and O–H groups in total. The third-order valence-corrected chi connectivity index (χ3v) is 9.68. The van der Waals surface area contributed by atoms with Gasteiger partial charge in [0.05, 0.1) is 17.8 Å². The van der Waals surface area contributed by atoms with Crippen LogP contribution in [0.4, 0.5) is 10.2 Å². The van der Waals surface area contributed by atoms with Crippen molar-refractivity contribution >= 4 is 39.9 Å². The first-order valence-corrected chi connectivity index (χ1v) is 15.7. The van der Waals surface area contributed by atoms with E-state index in [-0.39, 0.29) is 30.0 Å². The van der Waals surface area contributed by atoms with Crippen LogP contribution < -0.4 is 4.90 Å². The molecular weight excluding hydrogens is 559 g/mol. The van der Waals surface area contributed by atoms with Crippen molar-refractivity contribution in [1.29, 1.82) is 5.41 Å². The summed E-state index contributed by atoms with van der Waals surface area (Å²) in [6.07, 6.45) is 7.22. The highest BCUT2D eigenvalue weighted by Crippen LogP contribution is 2.38. The Morgan fingerprint density at radius 3 is 2.59 bits per heavy atom. The Morgan fingerprint density at radius 1 is 1.11 bits per heavy atom. The molecule has 0 bridgehead atoms. The number of likely N-dealkylation sites (tertiary alicyclic amines) is 1. The Hall–Kier alpha value is -4.28. The van der Waals surface area contributed by atoms with Crippen molar-refractivity contribution < 1.29 is 14.0 Å². The minimum absolute atomic E-state index is 0.0988. The van der Waals surface area contributed by atoms with E-state index >= 15 is 4.39 Å². The van der Waals surface area contributed by atoms with E-state index in [1.807, 2.05) is 18.9 Å². The highest BCUT2D eigenvalue weighted by molar-refractivity contribution is 5.98. The molecule has 230 valence electrons. The van der Waals surface area contributed by atoms with E-state index in [1.165, 1.54) is 23.4 Å². The molecule has 0 aromatic carbocycles. The zero-order valence-corrected chi connectivity index (χ0v) is 25.6. The molecule has 0 unspecified atom stereocenters. The summed E-state index contributed by atoms with van der Waals surface area (Å²) in [6, 6.07) is 7.83. The topological polar surface area (TPSA) is 103 Å². The van der Waals surface area contributed by atoms with E-state index in [0.29, 0.717) is 35.8 Å². The number of aromatic nitrogens is 4. The molecule has 11 heteroatoms. The molecule has 4 aromatic heterocycles. The van der Waals surface area contributed by atoms with Gasteiger partial charge >= 0.3 is 0 Å². The first-order valence-electron chi connectivity index (χ1n) is 15.7. The van der Waals surface area contributed by atoms with Crippen LogP contribution in [0.15, 0.2) is 30.5 Å². The molecule has 7 rings (SSSR count). The van der Waals surface area contributed by atoms with E-state index in [0.717, 1.165) is 67.0 Å². The number of halogens is 1. The van der Waals surface area contributed by atoms with Crippen molar-refractivity contribution in [3.8, 4) is 11.4 Å². The molecule has 0 atom stereocenters. The van der Waals surface area contributed by atoms with Crippen molar-refractivity contribution in [2.24, 2.45) is 5.92 Å². The number of hydrogen-bond donors (Lipinski definition) is 1. The van der Waals surface area contributed by atoms with Crippen molar-refractivity contribution in [1.82, 2.24) is 29.0 Å². The molecular formula is C33H39FN8O2. The lowest BCUT2D eigenvalue weighted by Crippen LogP contribution is -2.45. The maximum absolute atomic E-state index is 15.6. The Labute approximate surface area is 255 Å². The van der Waals surface area contributed by atoms with Gasteiger partial charge in [0, 0.05) is 69.1 Å². The van der Waals surface area contributed by atoms with Gasteiger partial charge in [0.15, 0.2) is 0 Å². The largest absolute Gasteiger partial charge is 0.356 e. The fraction of sp³-hybridized carbons (Fsp3) is 0.485. The van der Waals surface area contributed by atoms with Crippen molar-refractivity contribution in [2.75, 3.05) is 38.1 Å². The van der Waals surface area contributed by atoms with Crippen LogP contribution in [-0.2, 0) is 11.3 Å². The number of piperidine rings is 2. The second-order valence-corrected chi connectivity index (χ2v) is 12.8. The van der Waals surface area contributed by atoms with Crippen LogP contribution in [0.25, 0.3) is 27.9 Å². The Balaban J connectivity index is 1.24.